The first kappa shape index (κ1) is 21.6. The summed E-state index contributed by atoms with van der Waals surface area (Å²) in [6.07, 6.45) is 0. The molecule has 0 bridgehead atoms. The predicted molar refractivity (Wildman–Crippen MR) is 122 cm³/mol. The minimum absolute atomic E-state index is 0.262. The van der Waals surface area contributed by atoms with Crippen molar-refractivity contribution < 1.29 is 9.47 Å². The molecule has 3 nitrogen and oxygen atoms in total. The van der Waals surface area contributed by atoms with Gasteiger partial charge in [-0.3, -0.25) is 0 Å². The van der Waals surface area contributed by atoms with Gasteiger partial charge in [0.15, 0.2) is 11.5 Å². The second-order valence-corrected chi connectivity index (χ2v) is 7.74. The largest absolute Gasteiger partial charge is 0.490 e. The molecule has 0 aromatic heterocycles. The molecule has 3 aromatic carbocycles. The van der Waals surface area contributed by atoms with Crippen LogP contribution in [-0.4, -0.2) is 6.61 Å². The van der Waals surface area contributed by atoms with Gasteiger partial charge in [0.05, 0.1) is 6.61 Å². The van der Waals surface area contributed by atoms with E-state index in [1.807, 2.05) is 56.3 Å². The minimum Gasteiger partial charge on any atom is -0.490 e. The van der Waals surface area contributed by atoms with Crippen molar-refractivity contribution in [1.82, 2.24) is 0 Å². The SMILES string of the molecule is CCOc1cc(CNc2ccc(C)c(Cl)c2)ccc1OCc1c(Cl)cccc1Cl. The van der Waals surface area contributed by atoms with Gasteiger partial charge in [-0.1, -0.05) is 53.0 Å². The van der Waals surface area contributed by atoms with Crippen molar-refractivity contribution in [3.63, 3.8) is 0 Å². The monoisotopic (exact) mass is 449 g/mol. The van der Waals surface area contributed by atoms with Crippen LogP contribution in [0.4, 0.5) is 5.69 Å². The topological polar surface area (TPSA) is 30.5 Å². The van der Waals surface area contributed by atoms with Crippen LogP contribution in [-0.2, 0) is 13.2 Å². The zero-order valence-corrected chi connectivity index (χ0v) is 18.5. The van der Waals surface area contributed by atoms with Crippen LogP contribution in [0.3, 0.4) is 0 Å². The van der Waals surface area contributed by atoms with Crippen molar-refractivity contribution in [2.24, 2.45) is 0 Å². The molecule has 0 unspecified atom stereocenters. The van der Waals surface area contributed by atoms with Crippen LogP contribution < -0.4 is 14.8 Å². The van der Waals surface area contributed by atoms with Crippen LogP contribution in [0, 0.1) is 6.92 Å². The molecule has 0 aliphatic rings. The molecule has 0 heterocycles. The average Bonchev–Trinajstić information content (AvgIpc) is 2.70. The van der Waals surface area contributed by atoms with Gasteiger partial charge < -0.3 is 14.8 Å². The lowest BCUT2D eigenvalue weighted by Gasteiger charge is -2.15. The Bertz CT molecular complexity index is 972. The van der Waals surface area contributed by atoms with Gasteiger partial charge in [0.2, 0.25) is 0 Å². The van der Waals surface area contributed by atoms with Gasteiger partial charge in [0, 0.05) is 32.9 Å². The standard InChI is InChI=1S/C23H22Cl3NO2/c1-3-28-23-11-16(13-27-17-9-7-15(2)21(26)12-17)8-10-22(23)29-14-18-19(24)5-4-6-20(18)25/h4-12,27H,3,13-14H2,1-2H3. The zero-order chi connectivity index (χ0) is 20.8. The first-order valence-corrected chi connectivity index (χ1v) is 10.4. The second kappa shape index (κ2) is 10.1. The molecule has 0 atom stereocenters. The fourth-order valence-electron chi connectivity index (χ4n) is 2.78. The molecule has 3 aromatic rings. The highest BCUT2D eigenvalue weighted by atomic mass is 35.5. The van der Waals surface area contributed by atoms with Gasteiger partial charge in [-0.25, -0.2) is 0 Å². The maximum atomic E-state index is 6.23. The molecule has 0 fully saturated rings. The Kier molecular flexibility index (Phi) is 7.54. The molecule has 6 heteroatoms. The van der Waals surface area contributed by atoms with E-state index in [0.29, 0.717) is 34.7 Å². The molecular weight excluding hydrogens is 429 g/mol. The van der Waals surface area contributed by atoms with Crippen molar-refractivity contribution in [2.75, 3.05) is 11.9 Å². The fourth-order valence-corrected chi connectivity index (χ4v) is 3.46. The van der Waals surface area contributed by atoms with Crippen molar-refractivity contribution >= 4 is 40.5 Å². The van der Waals surface area contributed by atoms with Crippen LogP contribution in [0.15, 0.2) is 54.6 Å². The lowest BCUT2D eigenvalue weighted by molar-refractivity contribution is 0.269. The van der Waals surface area contributed by atoms with Gasteiger partial charge in [0.1, 0.15) is 6.61 Å². The molecule has 0 aliphatic heterocycles. The van der Waals surface area contributed by atoms with E-state index in [-0.39, 0.29) is 6.61 Å². The van der Waals surface area contributed by atoms with E-state index in [0.717, 1.165) is 27.4 Å². The van der Waals surface area contributed by atoms with E-state index in [9.17, 15) is 0 Å². The third-order valence-electron chi connectivity index (χ3n) is 4.41. The summed E-state index contributed by atoms with van der Waals surface area (Å²) in [5.74, 6) is 1.32. The number of benzene rings is 3. The Hall–Kier alpha value is -2.07. The van der Waals surface area contributed by atoms with E-state index >= 15 is 0 Å². The molecule has 0 aliphatic carbocycles. The molecule has 1 N–H and O–H groups in total. The molecule has 29 heavy (non-hydrogen) atoms. The maximum Gasteiger partial charge on any atom is 0.161 e. The number of anilines is 1. The number of hydrogen-bond donors (Lipinski definition) is 1. The summed E-state index contributed by atoms with van der Waals surface area (Å²) in [7, 11) is 0. The third kappa shape index (κ3) is 5.72. The first-order valence-electron chi connectivity index (χ1n) is 9.29. The number of halogens is 3. The molecule has 152 valence electrons. The van der Waals surface area contributed by atoms with Gasteiger partial charge in [0.25, 0.3) is 0 Å². The van der Waals surface area contributed by atoms with E-state index < -0.39 is 0 Å². The summed E-state index contributed by atoms with van der Waals surface area (Å²) in [6.45, 7) is 5.35. The number of aryl methyl sites for hydroxylation is 1. The highest BCUT2D eigenvalue weighted by Crippen LogP contribution is 2.32. The van der Waals surface area contributed by atoms with Crippen molar-refractivity contribution in [2.45, 2.75) is 27.0 Å². The molecule has 0 spiro atoms. The van der Waals surface area contributed by atoms with Crippen LogP contribution in [0.2, 0.25) is 15.1 Å². The third-order valence-corrected chi connectivity index (χ3v) is 5.53. The Morgan fingerprint density at radius 1 is 0.828 bits per heavy atom. The van der Waals surface area contributed by atoms with Crippen molar-refractivity contribution in [3.05, 3.63) is 86.4 Å². The summed E-state index contributed by atoms with van der Waals surface area (Å²) >= 11 is 18.7. The molecule has 0 saturated heterocycles. The van der Waals surface area contributed by atoms with Crippen molar-refractivity contribution in [3.8, 4) is 11.5 Å². The van der Waals surface area contributed by atoms with Gasteiger partial charge in [-0.15, -0.1) is 0 Å². The summed E-state index contributed by atoms with van der Waals surface area (Å²) in [4.78, 5) is 0. The molecule has 3 rings (SSSR count). The zero-order valence-electron chi connectivity index (χ0n) is 16.3. The normalized spacial score (nSPS) is 10.7. The highest BCUT2D eigenvalue weighted by Gasteiger charge is 2.11. The summed E-state index contributed by atoms with van der Waals surface area (Å²) in [6, 6.07) is 17.2. The van der Waals surface area contributed by atoms with E-state index in [2.05, 4.69) is 5.32 Å². The number of nitrogens with one attached hydrogen (secondary N) is 1. The lowest BCUT2D eigenvalue weighted by atomic mass is 10.1. The first-order chi connectivity index (χ1) is 14.0. The Morgan fingerprint density at radius 3 is 2.28 bits per heavy atom. The number of hydrogen-bond acceptors (Lipinski definition) is 3. The summed E-state index contributed by atoms with van der Waals surface area (Å²) in [5, 5.41) is 5.27. The number of ether oxygens (including phenoxy) is 2. The van der Waals surface area contributed by atoms with Gasteiger partial charge >= 0.3 is 0 Å². The van der Waals surface area contributed by atoms with E-state index in [1.54, 1.807) is 12.1 Å². The number of rotatable bonds is 8. The van der Waals surface area contributed by atoms with Crippen LogP contribution in [0.25, 0.3) is 0 Å². The molecular formula is C23H22Cl3NO2. The van der Waals surface area contributed by atoms with Crippen LogP contribution in [0.5, 0.6) is 11.5 Å². The second-order valence-electron chi connectivity index (χ2n) is 6.52. The van der Waals surface area contributed by atoms with Crippen molar-refractivity contribution in [1.29, 1.82) is 0 Å². The van der Waals surface area contributed by atoms with Crippen LogP contribution >= 0.6 is 34.8 Å². The van der Waals surface area contributed by atoms with Gasteiger partial charge in [-0.05, 0) is 61.4 Å². The van der Waals surface area contributed by atoms with E-state index in [4.69, 9.17) is 44.3 Å². The Labute approximate surface area is 186 Å². The molecule has 0 radical (unpaired) electrons. The molecule has 0 amide bonds. The summed E-state index contributed by atoms with van der Waals surface area (Å²) < 4.78 is 11.7. The Morgan fingerprint density at radius 2 is 1.59 bits per heavy atom. The highest BCUT2D eigenvalue weighted by molar-refractivity contribution is 6.36. The average molecular weight is 451 g/mol. The maximum absolute atomic E-state index is 6.23. The minimum atomic E-state index is 0.262. The van der Waals surface area contributed by atoms with E-state index in [1.165, 1.54) is 0 Å². The lowest BCUT2D eigenvalue weighted by Crippen LogP contribution is -2.03. The molecule has 0 saturated carbocycles. The Balaban J connectivity index is 1.71. The quantitative estimate of drug-likeness (QED) is 0.384. The fraction of sp³-hybridized carbons (Fsp3) is 0.217. The summed E-state index contributed by atoms with van der Waals surface area (Å²) in [5.41, 5.74) is 3.83. The van der Waals surface area contributed by atoms with Gasteiger partial charge in [-0.2, -0.15) is 0 Å². The smallest absolute Gasteiger partial charge is 0.161 e. The van der Waals surface area contributed by atoms with Crippen LogP contribution in [0.1, 0.15) is 23.6 Å². The predicted octanol–water partition coefficient (Wildman–Crippen LogP) is 7.55.